The number of amides is 1. The summed E-state index contributed by atoms with van der Waals surface area (Å²) in [5.41, 5.74) is 0.998. The third-order valence-electron chi connectivity index (χ3n) is 4.90. The SMILES string of the molecule is O=C(CSc1nc(Cl)cc(N2CCC3(CC2)OCCO3)n1)NCc1ccncc1. The van der Waals surface area contributed by atoms with E-state index in [1.165, 1.54) is 11.8 Å². The molecule has 8 nitrogen and oxygen atoms in total. The molecule has 1 amide bonds. The quantitative estimate of drug-likeness (QED) is 0.420. The van der Waals surface area contributed by atoms with E-state index in [4.69, 9.17) is 21.1 Å². The molecule has 2 saturated heterocycles. The lowest BCUT2D eigenvalue weighted by Crippen LogP contribution is -2.45. The molecular weight excluding hydrogens is 414 g/mol. The van der Waals surface area contributed by atoms with Gasteiger partial charge in [-0.1, -0.05) is 23.4 Å². The highest BCUT2D eigenvalue weighted by molar-refractivity contribution is 7.99. The summed E-state index contributed by atoms with van der Waals surface area (Å²) in [4.78, 5) is 27.1. The Kier molecular flexibility index (Phi) is 6.49. The van der Waals surface area contributed by atoms with Crippen LogP contribution in [0.2, 0.25) is 5.15 Å². The summed E-state index contributed by atoms with van der Waals surface area (Å²) >= 11 is 7.47. The lowest BCUT2D eigenvalue weighted by Gasteiger charge is -2.38. The van der Waals surface area contributed by atoms with Crippen LogP contribution in [0.1, 0.15) is 18.4 Å². The first-order chi connectivity index (χ1) is 14.1. The molecule has 1 spiro atoms. The first-order valence-corrected chi connectivity index (χ1v) is 10.8. The molecule has 154 valence electrons. The number of halogens is 1. The molecule has 0 atom stereocenters. The molecule has 0 aliphatic carbocycles. The fourth-order valence-electron chi connectivity index (χ4n) is 3.36. The molecular formula is C19H22ClN5O3S. The highest BCUT2D eigenvalue weighted by Crippen LogP contribution is 2.33. The van der Waals surface area contributed by atoms with Gasteiger partial charge in [0.1, 0.15) is 11.0 Å². The lowest BCUT2D eigenvalue weighted by molar-refractivity contribution is -0.169. The summed E-state index contributed by atoms with van der Waals surface area (Å²) in [5.74, 6) is 0.456. The number of thioether (sulfide) groups is 1. The van der Waals surface area contributed by atoms with E-state index in [9.17, 15) is 4.79 Å². The molecule has 2 aliphatic heterocycles. The van der Waals surface area contributed by atoms with Crippen molar-refractivity contribution < 1.29 is 14.3 Å². The molecule has 4 rings (SSSR count). The molecule has 29 heavy (non-hydrogen) atoms. The maximum absolute atomic E-state index is 12.1. The minimum Gasteiger partial charge on any atom is -0.356 e. The number of pyridine rings is 1. The molecule has 2 aliphatic rings. The highest BCUT2D eigenvalue weighted by atomic mass is 35.5. The van der Waals surface area contributed by atoms with Gasteiger partial charge in [0.05, 0.1) is 19.0 Å². The summed E-state index contributed by atoms with van der Waals surface area (Å²) in [6, 6.07) is 5.48. The number of rotatable bonds is 6. The number of aromatic nitrogens is 3. The zero-order valence-electron chi connectivity index (χ0n) is 15.8. The Labute approximate surface area is 178 Å². The Morgan fingerprint density at radius 3 is 2.66 bits per heavy atom. The number of carbonyl (C=O) groups excluding carboxylic acids is 1. The molecule has 2 fully saturated rings. The maximum Gasteiger partial charge on any atom is 0.230 e. The zero-order valence-corrected chi connectivity index (χ0v) is 17.4. The molecule has 0 bridgehead atoms. The number of piperidine rings is 1. The van der Waals surface area contributed by atoms with Crippen molar-refractivity contribution in [1.29, 1.82) is 0 Å². The third-order valence-corrected chi connectivity index (χ3v) is 5.94. The average molecular weight is 436 g/mol. The molecule has 0 saturated carbocycles. The number of hydrogen-bond acceptors (Lipinski definition) is 8. The van der Waals surface area contributed by atoms with Crippen molar-refractivity contribution in [2.45, 2.75) is 30.3 Å². The standard InChI is InChI=1S/C19H22ClN5O3S/c20-15-11-16(25-7-3-19(4-8-25)27-9-10-28-19)24-18(23-15)29-13-17(26)22-12-14-1-5-21-6-2-14/h1-2,5-6,11H,3-4,7-10,12-13H2,(H,22,26). The highest BCUT2D eigenvalue weighted by Gasteiger charge is 2.40. The van der Waals surface area contributed by atoms with Crippen LogP contribution in [0.5, 0.6) is 0 Å². The van der Waals surface area contributed by atoms with Crippen molar-refractivity contribution in [3.8, 4) is 0 Å². The Hall–Kier alpha value is -1.94. The summed E-state index contributed by atoms with van der Waals surface area (Å²) < 4.78 is 11.5. The number of ether oxygens (including phenoxy) is 2. The van der Waals surface area contributed by atoms with Crippen molar-refractivity contribution in [1.82, 2.24) is 20.3 Å². The van der Waals surface area contributed by atoms with Gasteiger partial charge in [-0.15, -0.1) is 0 Å². The average Bonchev–Trinajstić information content (AvgIpc) is 3.19. The molecule has 2 aromatic heterocycles. The van der Waals surface area contributed by atoms with Crippen molar-refractivity contribution in [3.05, 3.63) is 41.3 Å². The Morgan fingerprint density at radius 1 is 1.21 bits per heavy atom. The fraction of sp³-hybridized carbons (Fsp3) is 0.474. The maximum atomic E-state index is 12.1. The van der Waals surface area contributed by atoms with Crippen LogP contribution in [0.25, 0.3) is 0 Å². The van der Waals surface area contributed by atoms with Gasteiger partial charge in [-0.2, -0.15) is 0 Å². The van der Waals surface area contributed by atoms with Crippen molar-refractivity contribution in [2.75, 3.05) is 37.0 Å². The van der Waals surface area contributed by atoms with Crippen LogP contribution < -0.4 is 10.2 Å². The Morgan fingerprint density at radius 2 is 1.93 bits per heavy atom. The predicted molar refractivity (Wildman–Crippen MR) is 110 cm³/mol. The van der Waals surface area contributed by atoms with Crippen LogP contribution in [0, 0.1) is 0 Å². The number of nitrogens with one attached hydrogen (secondary N) is 1. The van der Waals surface area contributed by atoms with E-state index >= 15 is 0 Å². The minimum absolute atomic E-state index is 0.0904. The molecule has 4 heterocycles. The number of anilines is 1. The smallest absolute Gasteiger partial charge is 0.230 e. The van der Waals surface area contributed by atoms with Gasteiger partial charge in [0.25, 0.3) is 0 Å². The van der Waals surface area contributed by atoms with Crippen molar-refractivity contribution in [2.24, 2.45) is 0 Å². The van der Waals surface area contributed by atoms with Gasteiger partial charge in [-0.25, -0.2) is 9.97 Å². The second kappa shape index (κ2) is 9.25. The van der Waals surface area contributed by atoms with Crippen LogP contribution in [-0.2, 0) is 20.8 Å². The van der Waals surface area contributed by atoms with Crippen LogP contribution in [0.4, 0.5) is 5.82 Å². The Bertz CT molecular complexity index is 841. The molecule has 1 N–H and O–H groups in total. The number of hydrogen-bond donors (Lipinski definition) is 1. The van der Waals surface area contributed by atoms with Crippen LogP contribution in [0.3, 0.4) is 0 Å². The second-order valence-corrected chi connectivity index (χ2v) is 8.18. The van der Waals surface area contributed by atoms with E-state index in [0.717, 1.165) is 37.3 Å². The molecule has 0 aromatic carbocycles. The predicted octanol–water partition coefficient (Wildman–Crippen LogP) is 2.28. The third kappa shape index (κ3) is 5.36. The zero-order chi connectivity index (χ0) is 20.1. The summed E-state index contributed by atoms with van der Waals surface area (Å²) in [6.07, 6.45) is 4.97. The first-order valence-electron chi connectivity index (χ1n) is 9.48. The van der Waals surface area contributed by atoms with Gasteiger partial charge in [-0.3, -0.25) is 9.78 Å². The van der Waals surface area contributed by atoms with Gasteiger partial charge < -0.3 is 19.7 Å². The summed E-state index contributed by atoms with van der Waals surface area (Å²) in [7, 11) is 0. The Balaban J connectivity index is 1.30. The number of nitrogens with zero attached hydrogens (tertiary/aromatic N) is 4. The molecule has 2 aromatic rings. The summed E-state index contributed by atoms with van der Waals surface area (Å²) in [5, 5.41) is 3.73. The van der Waals surface area contributed by atoms with E-state index in [2.05, 4.69) is 25.2 Å². The fourth-order valence-corrected chi connectivity index (χ4v) is 4.27. The van der Waals surface area contributed by atoms with Crippen LogP contribution >= 0.6 is 23.4 Å². The topological polar surface area (TPSA) is 89.5 Å². The first kappa shape index (κ1) is 20.3. The van der Waals surface area contributed by atoms with Gasteiger partial charge in [0.15, 0.2) is 10.9 Å². The van der Waals surface area contributed by atoms with Gasteiger partial charge in [0, 0.05) is 50.9 Å². The van der Waals surface area contributed by atoms with E-state index < -0.39 is 5.79 Å². The monoisotopic (exact) mass is 435 g/mol. The van der Waals surface area contributed by atoms with Gasteiger partial charge in [-0.05, 0) is 17.7 Å². The van der Waals surface area contributed by atoms with Gasteiger partial charge >= 0.3 is 0 Å². The van der Waals surface area contributed by atoms with Crippen molar-refractivity contribution in [3.63, 3.8) is 0 Å². The van der Waals surface area contributed by atoms with Crippen LogP contribution in [0.15, 0.2) is 35.7 Å². The van der Waals surface area contributed by atoms with Crippen LogP contribution in [-0.4, -0.2) is 58.7 Å². The van der Waals surface area contributed by atoms with Gasteiger partial charge in [0.2, 0.25) is 5.91 Å². The van der Waals surface area contributed by atoms with E-state index in [-0.39, 0.29) is 11.7 Å². The lowest BCUT2D eigenvalue weighted by atomic mass is 10.0. The normalized spacial score (nSPS) is 18.2. The van der Waals surface area contributed by atoms with Crippen molar-refractivity contribution >= 4 is 35.1 Å². The molecule has 0 radical (unpaired) electrons. The second-order valence-electron chi connectivity index (χ2n) is 6.85. The van der Waals surface area contributed by atoms with E-state index in [0.29, 0.717) is 30.1 Å². The summed E-state index contributed by atoms with van der Waals surface area (Å²) in [6.45, 7) is 3.31. The minimum atomic E-state index is -0.433. The number of carbonyl (C=O) groups is 1. The van der Waals surface area contributed by atoms with E-state index in [1.807, 2.05) is 12.1 Å². The molecule has 0 unspecified atom stereocenters. The van der Waals surface area contributed by atoms with E-state index in [1.54, 1.807) is 18.5 Å². The molecule has 10 heteroatoms. The largest absolute Gasteiger partial charge is 0.356 e.